The molecular formula is C17H19N5O. The molecule has 2 aliphatic heterocycles. The molecular weight excluding hydrogens is 290 g/mol. The van der Waals surface area contributed by atoms with Crippen LogP contribution in [0.25, 0.3) is 0 Å². The summed E-state index contributed by atoms with van der Waals surface area (Å²) in [6.45, 7) is 1.54. The Morgan fingerprint density at radius 3 is 2.74 bits per heavy atom. The topological polar surface area (TPSA) is 62.2 Å². The van der Waals surface area contributed by atoms with Crippen LogP contribution in [0.5, 0.6) is 0 Å². The van der Waals surface area contributed by atoms with E-state index in [4.69, 9.17) is 0 Å². The van der Waals surface area contributed by atoms with Crippen LogP contribution >= 0.6 is 0 Å². The van der Waals surface area contributed by atoms with E-state index < -0.39 is 0 Å². The predicted octanol–water partition coefficient (Wildman–Crippen LogP) is 1.64. The number of carbonyl (C=O) groups is 1. The Balaban J connectivity index is 1.56. The third-order valence-electron chi connectivity index (χ3n) is 4.77. The molecule has 4 rings (SSSR count). The van der Waals surface area contributed by atoms with Gasteiger partial charge in [0.15, 0.2) is 0 Å². The molecule has 2 fully saturated rings. The number of pyridine rings is 1. The van der Waals surface area contributed by atoms with Gasteiger partial charge < -0.3 is 9.80 Å². The summed E-state index contributed by atoms with van der Waals surface area (Å²) < 4.78 is 0. The monoisotopic (exact) mass is 309 g/mol. The van der Waals surface area contributed by atoms with Crippen LogP contribution in [0, 0.1) is 0 Å². The van der Waals surface area contributed by atoms with E-state index in [0.29, 0.717) is 19.0 Å². The van der Waals surface area contributed by atoms with Gasteiger partial charge in [-0.3, -0.25) is 9.78 Å². The third-order valence-corrected chi connectivity index (χ3v) is 4.77. The molecule has 0 unspecified atom stereocenters. The summed E-state index contributed by atoms with van der Waals surface area (Å²) >= 11 is 0. The lowest BCUT2D eigenvalue weighted by atomic mass is 9.96. The largest absolute Gasteiger partial charge is 0.336 e. The van der Waals surface area contributed by atoms with Crippen molar-refractivity contribution in [2.45, 2.75) is 37.9 Å². The lowest BCUT2D eigenvalue weighted by molar-refractivity contribution is -0.137. The molecule has 6 nitrogen and oxygen atoms in total. The SMILES string of the molecule is O=C1CC[C@H]2[C@H](CCN2c2ncccn2)N1Cc1cccnc1. The van der Waals surface area contributed by atoms with E-state index in [9.17, 15) is 4.79 Å². The summed E-state index contributed by atoms with van der Waals surface area (Å²) in [6.07, 6.45) is 9.58. The molecule has 1 amide bonds. The van der Waals surface area contributed by atoms with Crippen LogP contribution in [-0.4, -0.2) is 44.4 Å². The molecule has 0 spiro atoms. The van der Waals surface area contributed by atoms with Gasteiger partial charge >= 0.3 is 0 Å². The van der Waals surface area contributed by atoms with Crippen LogP contribution in [0.2, 0.25) is 0 Å². The standard InChI is InChI=1S/C17H19N5O/c23-16-5-4-14-15(22(16)12-13-3-1-7-18-11-13)6-10-21(14)17-19-8-2-9-20-17/h1-3,7-9,11,14-15H,4-6,10,12H2/t14-,15-/m0/s1. The van der Waals surface area contributed by atoms with Crippen molar-refractivity contribution in [1.29, 1.82) is 0 Å². The third kappa shape index (κ3) is 2.65. The van der Waals surface area contributed by atoms with E-state index >= 15 is 0 Å². The molecule has 0 radical (unpaired) electrons. The number of nitrogens with zero attached hydrogens (tertiary/aromatic N) is 5. The van der Waals surface area contributed by atoms with E-state index in [1.54, 1.807) is 18.6 Å². The first-order chi connectivity index (χ1) is 11.3. The highest BCUT2D eigenvalue weighted by Crippen LogP contribution is 2.34. The van der Waals surface area contributed by atoms with Crippen molar-refractivity contribution in [2.75, 3.05) is 11.4 Å². The fraction of sp³-hybridized carbons (Fsp3) is 0.412. The minimum Gasteiger partial charge on any atom is -0.336 e. The summed E-state index contributed by atoms with van der Waals surface area (Å²) in [4.78, 5) is 29.6. The van der Waals surface area contributed by atoms with Gasteiger partial charge in [-0.05, 0) is 30.5 Å². The second-order valence-electron chi connectivity index (χ2n) is 6.09. The van der Waals surface area contributed by atoms with E-state index in [-0.39, 0.29) is 11.9 Å². The maximum Gasteiger partial charge on any atom is 0.225 e. The summed E-state index contributed by atoms with van der Waals surface area (Å²) in [5.41, 5.74) is 1.08. The molecule has 2 aromatic heterocycles. The number of anilines is 1. The molecule has 2 aliphatic rings. The Kier molecular flexibility index (Phi) is 3.65. The molecule has 0 aliphatic carbocycles. The van der Waals surface area contributed by atoms with Crippen LogP contribution in [0.1, 0.15) is 24.8 Å². The highest BCUT2D eigenvalue weighted by molar-refractivity contribution is 5.78. The minimum atomic E-state index is 0.236. The number of piperidine rings is 1. The fourth-order valence-corrected chi connectivity index (χ4v) is 3.73. The second kappa shape index (κ2) is 5.95. The quantitative estimate of drug-likeness (QED) is 0.862. The molecule has 0 N–H and O–H groups in total. The number of likely N-dealkylation sites (tertiary alicyclic amines) is 1. The number of hydrogen-bond donors (Lipinski definition) is 0. The first-order valence-corrected chi connectivity index (χ1v) is 8.05. The summed E-state index contributed by atoms with van der Waals surface area (Å²) in [5, 5.41) is 0. The summed E-state index contributed by atoms with van der Waals surface area (Å²) in [5.74, 6) is 1.02. The van der Waals surface area contributed by atoms with Crippen LogP contribution < -0.4 is 4.90 Å². The van der Waals surface area contributed by atoms with E-state index in [2.05, 4.69) is 19.9 Å². The van der Waals surface area contributed by atoms with E-state index in [1.165, 1.54) is 0 Å². The number of aromatic nitrogens is 3. The average Bonchev–Trinajstić information content (AvgIpc) is 3.03. The Hall–Kier alpha value is -2.50. The number of rotatable bonds is 3. The Labute approximate surface area is 135 Å². The van der Waals surface area contributed by atoms with Gasteiger partial charge in [0.25, 0.3) is 0 Å². The molecule has 0 aromatic carbocycles. The number of hydrogen-bond acceptors (Lipinski definition) is 5. The zero-order chi connectivity index (χ0) is 15.6. The van der Waals surface area contributed by atoms with Crippen molar-refractivity contribution in [2.24, 2.45) is 0 Å². The molecule has 0 bridgehead atoms. The zero-order valence-corrected chi connectivity index (χ0v) is 12.9. The Morgan fingerprint density at radius 1 is 1.09 bits per heavy atom. The smallest absolute Gasteiger partial charge is 0.225 e. The highest BCUT2D eigenvalue weighted by atomic mass is 16.2. The van der Waals surface area contributed by atoms with Gasteiger partial charge in [-0.15, -0.1) is 0 Å². The Bertz CT molecular complexity index is 678. The van der Waals surface area contributed by atoms with Crippen molar-refractivity contribution < 1.29 is 4.79 Å². The normalized spacial score (nSPS) is 23.9. The van der Waals surface area contributed by atoms with Crippen molar-refractivity contribution in [3.05, 3.63) is 48.5 Å². The first kappa shape index (κ1) is 14.1. The summed E-state index contributed by atoms with van der Waals surface area (Å²) in [6, 6.07) is 6.32. The van der Waals surface area contributed by atoms with Gasteiger partial charge in [-0.2, -0.15) is 0 Å². The number of amides is 1. The zero-order valence-electron chi connectivity index (χ0n) is 12.9. The van der Waals surface area contributed by atoms with Gasteiger partial charge in [0.1, 0.15) is 0 Å². The number of carbonyl (C=O) groups excluding carboxylic acids is 1. The number of fused-ring (bicyclic) bond motifs is 1. The average molecular weight is 309 g/mol. The van der Waals surface area contributed by atoms with E-state index in [1.807, 2.05) is 29.3 Å². The molecule has 4 heterocycles. The predicted molar refractivity (Wildman–Crippen MR) is 85.6 cm³/mol. The van der Waals surface area contributed by atoms with Crippen LogP contribution in [-0.2, 0) is 11.3 Å². The van der Waals surface area contributed by atoms with Crippen molar-refractivity contribution in [1.82, 2.24) is 19.9 Å². The molecule has 118 valence electrons. The van der Waals surface area contributed by atoms with Crippen molar-refractivity contribution >= 4 is 11.9 Å². The molecule has 2 atom stereocenters. The van der Waals surface area contributed by atoms with Crippen molar-refractivity contribution in [3.63, 3.8) is 0 Å². The lowest BCUT2D eigenvalue weighted by Gasteiger charge is -2.39. The van der Waals surface area contributed by atoms with Gasteiger partial charge in [-0.25, -0.2) is 9.97 Å². The highest BCUT2D eigenvalue weighted by Gasteiger charge is 2.43. The van der Waals surface area contributed by atoms with Gasteiger partial charge in [-0.1, -0.05) is 6.07 Å². The molecule has 0 saturated carbocycles. The van der Waals surface area contributed by atoms with Gasteiger partial charge in [0.2, 0.25) is 11.9 Å². The van der Waals surface area contributed by atoms with Crippen LogP contribution in [0.4, 0.5) is 5.95 Å². The molecule has 2 saturated heterocycles. The molecule has 2 aromatic rings. The second-order valence-corrected chi connectivity index (χ2v) is 6.09. The van der Waals surface area contributed by atoms with Crippen LogP contribution in [0.15, 0.2) is 43.0 Å². The van der Waals surface area contributed by atoms with E-state index in [0.717, 1.165) is 30.9 Å². The minimum absolute atomic E-state index is 0.236. The van der Waals surface area contributed by atoms with Crippen LogP contribution in [0.3, 0.4) is 0 Å². The molecule has 23 heavy (non-hydrogen) atoms. The van der Waals surface area contributed by atoms with Gasteiger partial charge in [0.05, 0.1) is 12.1 Å². The van der Waals surface area contributed by atoms with Gasteiger partial charge in [0, 0.05) is 44.3 Å². The maximum atomic E-state index is 12.4. The summed E-state index contributed by atoms with van der Waals surface area (Å²) in [7, 11) is 0. The van der Waals surface area contributed by atoms with Crippen molar-refractivity contribution in [3.8, 4) is 0 Å². The Morgan fingerprint density at radius 2 is 1.96 bits per heavy atom. The maximum absolute atomic E-state index is 12.4. The first-order valence-electron chi connectivity index (χ1n) is 8.05. The fourth-order valence-electron chi connectivity index (χ4n) is 3.73. The molecule has 6 heteroatoms. The lowest BCUT2D eigenvalue weighted by Crippen LogP contribution is -2.52.